The molecule has 0 aromatic rings. The molecule has 0 spiro atoms. The van der Waals surface area contributed by atoms with Crippen LogP contribution in [0.5, 0.6) is 0 Å². The lowest BCUT2D eigenvalue weighted by atomic mass is 10.0. The molecule has 0 bridgehead atoms. The van der Waals surface area contributed by atoms with Gasteiger partial charge in [-0.1, -0.05) is 13.8 Å². The van der Waals surface area contributed by atoms with Crippen molar-refractivity contribution in [1.29, 1.82) is 5.41 Å². The Balaban J connectivity index is 1.85. The van der Waals surface area contributed by atoms with E-state index in [0.29, 0.717) is 11.3 Å². The van der Waals surface area contributed by atoms with Crippen LogP contribution in [0.3, 0.4) is 0 Å². The summed E-state index contributed by atoms with van der Waals surface area (Å²) in [6.07, 6.45) is 3.35. The van der Waals surface area contributed by atoms with Crippen LogP contribution in [0.2, 0.25) is 0 Å². The first kappa shape index (κ1) is 10.9. The third-order valence-corrected chi connectivity index (χ3v) is 4.15. The molecule has 1 saturated heterocycles. The summed E-state index contributed by atoms with van der Waals surface area (Å²) in [4.78, 5) is 2.57. The van der Waals surface area contributed by atoms with Gasteiger partial charge in [-0.15, -0.1) is 0 Å². The Bertz CT molecular complexity index is 248. The minimum atomic E-state index is 0.368. The minimum absolute atomic E-state index is 0.368. The highest BCUT2D eigenvalue weighted by Gasteiger charge is 2.45. The predicted octanol–water partition coefficient (Wildman–Crippen LogP) is 1.68. The van der Waals surface area contributed by atoms with E-state index >= 15 is 0 Å². The summed E-state index contributed by atoms with van der Waals surface area (Å²) >= 11 is 0. The third kappa shape index (κ3) is 2.51. The Kier molecular flexibility index (Phi) is 2.75. The largest absolute Gasteiger partial charge is 0.388 e. The summed E-state index contributed by atoms with van der Waals surface area (Å²) < 4.78 is 0. The van der Waals surface area contributed by atoms with Gasteiger partial charge in [-0.3, -0.25) is 5.41 Å². The van der Waals surface area contributed by atoms with Crippen LogP contribution < -0.4 is 5.73 Å². The zero-order chi connectivity index (χ0) is 11.1. The molecule has 1 heterocycles. The van der Waals surface area contributed by atoms with Crippen molar-refractivity contribution >= 4 is 5.84 Å². The van der Waals surface area contributed by atoms with E-state index in [1.165, 1.54) is 32.5 Å². The second-order valence-electron chi connectivity index (χ2n) is 5.85. The van der Waals surface area contributed by atoms with Crippen molar-refractivity contribution in [2.24, 2.45) is 23.0 Å². The van der Waals surface area contributed by atoms with Crippen LogP contribution in [-0.4, -0.2) is 30.4 Å². The first-order chi connectivity index (χ1) is 7.01. The Morgan fingerprint density at radius 3 is 2.27 bits per heavy atom. The Hall–Kier alpha value is -0.570. The number of amidine groups is 1. The fourth-order valence-electron chi connectivity index (χ4n) is 2.82. The molecular weight excluding hydrogens is 186 g/mol. The number of hydrogen-bond acceptors (Lipinski definition) is 2. The van der Waals surface area contributed by atoms with Gasteiger partial charge in [0.15, 0.2) is 0 Å². The number of likely N-dealkylation sites (tertiary alicyclic amines) is 1. The van der Waals surface area contributed by atoms with Gasteiger partial charge in [-0.05, 0) is 30.1 Å². The van der Waals surface area contributed by atoms with Crippen molar-refractivity contribution in [3.63, 3.8) is 0 Å². The minimum Gasteiger partial charge on any atom is -0.388 e. The van der Waals surface area contributed by atoms with Crippen LogP contribution >= 0.6 is 0 Å². The van der Waals surface area contributed by atoms with Crippen molar-refractivity contribution in [1.82, 2.24) is 4.90 Å². The van der Waals surface area contributed by atoms with Crippen molar-refractivity contribution in [3.05, 3.63) is 0 Å². The number of nitrogens with two attached hydrogens (primary N) is 1. The molecule has 15 heavy (non-hydrogen) atoms. The maximum absolute atomic E-state index is 7.40. The molecule has 2 aliphatic rings. The third-order valence-electron chi connectivity index (χ3n) is 4.15. The lowest BCUT2D eigenvalue weighted by molar-refractivity contribution is 0.257. The lowest BCUT2D eigenvalue weighted by Crippen LogP contribution is -2.31. The van der Waals surface area contributed by atoms with E-state index in [9.17, 15) is 0 Å². The molecular formula is C12H23N3. The van der Waals surface area contributed by atoms with E-state index in [-0.39, 0.29) is 0 Å². The zero-order valence-electron chi connectivity index (χ0n) is 9.92. The van der Waals surface area contributed by atoms with Gasteiger partial charge in [0, 0.05) is 26.1 Å². The maximum atomic E-state index is 7.40. The van der Waals surface area contributed by atoms with Crippen LogP contribution in [-0.2, 0) is 0 Å². The molecule has 0 radical (unpaired) electrons. The predicted molar refractivity (Wildman–Crippen MR) is 63.0 cm³/mol. The summed E-state index contributed by atoms with van der Waals surface area (Å²) in [6.45, 7) is 8.33. The number of rotatable bonds is 4. The molecule has 1 aliphatic heterocycles. The molecule has 2 fully saturated rings. The highest BCUT2D eigenvalue weighted by atomic mass is 15.2. The van der Waals surface area contributed by atoms with Gasteiger partial charge in [0.05, 0.1) is 5.84 Å². The molecule has 0 amide bonds. The van der Waals surface area contributed by atoms with Gasteiger partial charge in [-0.25, -0.2) is 0 Å². The van der Waals surface area contributed by atoms with Gasteiger partial charge < -0.3 is 10.6 Å². The SMILES string of the molecule is CC1CN(CC2(CC(=N)N)CC2)CC1C. The van der Waals surface area contributed by atoms with E-state index in [1.807, 2.05) is 0 Å². The molecule has 3 heteroatoms. The van der Waals surface area contributed by atoms with Crippen molar-refractivity contribution in [2.75, 3.05) is 19.6 Å². The average molecular weight is 209 g/mol. The highest BCUT2D eigenvalue weighted by molar-refractivity contribution is 5.78. The molecule has 86 valence electrons. The van der Waals surface area contributed by atoms with Crippen molar-refractivity contribution in [2.45, 2.75) is 33.1 Å². The van der Waals surface area contributed by atoms with E-state index in [4.69, 9.17) is 11.1 Å². The molecule has 2 rings (SSSR count). The summed E-state index contributed by atoms with van der Waals surface area (Å²) in [5.41, 5.74) is 5.90. The maximum Gasteiger partial charge on any atom is 0.0911 e. The van der Waals surface area contributed by atoms with Gasteiger partial charge in [0.1, 0.15) is 0 Å². The van der Waals surface area contributed by atoms with Crippen molar-refractivity contribution < 1.29 is 0 Å². The zero-order valence-corrected chi connectivity index (χ0v) is 9.92. The van der Waals surface area contributed by atoms with Gasteiger partial charge in [-0.2, -0.15) is 0 Å². The van der Waals surface area contributed by atoms with E-state index in [2.05, 4.69) is 18.7 Å². The Morgan fingerprint density at radius 2 is 1.87 bits per heavy atom. The Morgan fingerprint density at radius 1 is 1.33 bits per heavy atom. The summed E-state index contributed by atoms with van der Waals surface area (Å²) in [5, 5.41) is 7.40. The standard InChI is InChI=1S/C12H23N3/c1-9-6-15(7-10(9)2)8-12(3-4-12)5-11(13)14/h9-10H,3-8H2,1-2H3,(H3,13,14). The first-order valence-electron chi connectivity index (χ1n) is 6.06. The summed E-state index contributed by atoms with van der Waals surface area (Å²) in [5.74, 6) is 2.03. The fraction of sp³-hybridized carbons (Fsp3) is 0.917. The normalized spacial score (nSPS) is 34.3. The molecule has 1 saturated carbocycles. The smallest absolute Gasteiger partial charge is 0.0911 e. The molecule has 0 aromatic carbocycles. The topological polar surface area (TPSA) is 53.1 Å². The molecule has 3 nitrogen and oxygen atoms in total. The quantitative estimate of drug-likeness (QED) is 0.547. The summed E-state index contributed by atoms with van der Waals surface area (Å²) in [6, 6.07) is 0. The second kappa shape index (κ2) is 3.78. The van der Waals surface area contributed by atoms with Crippen LogP contribution in [0.1, 0.15) is 33.1 Å². The monoisotopic (exact) mass is 209 g/mol. The average Bonchev–Trinajstić information content (AvgIpc) is 2.75. The molecule has 1 aliphatic carbocycles. The van der Waals surface area contributed by atoms with Crippen LogP contribution in [0, 0.1) is 22.7 Å². The Labute approximate surface area is 92.5 Å². The second-order valence-corrected chi connectivity index (χ2v) is 5.85. The summed E-state index contributed by atoms with van der Waals surface area (Å²) in [7, 11) is 0. The van der Waals surface area contributed by atoms with Crippen LogP contribution in [0.4, 0.5) is 0 Å². The van der Waals surface area contributed by atoms with Crippen molar-refractivity contribution in [3.8, 4) is 0 Å². The first-order valence-corrected chi connectivity index (χ1v) is 6.06. The lowest BCUT2D eigenvalue weighted by Gasteiger charge is -2.22. The van der Waals surface area contributed by atoms with Crippen LogP contribution in [0.25, 0.3) is 0 Å². The van der Waals surface area contributed by atoms with E-state index in [1.54, 1.807) is 0 Å². The van der Waals surface area contributed by atoms with Crippen LogP contribution in [0.15, 0.2) is 0 Å². The molecule has 2 unspecified atom stereocenters. The van der Waals surface area contributed by atoms with Gasteiger partial charge in [0.25, 0.3) is 0 Å². The molecule has 2 atom stereocenters. The molecule has 3 N–H and O–H groups in total. The highest BCUT2D eigenvalue weighted by Crippen LogP contribution is 2.49. The van der Waals surface area contributed by atoms with E-state index < -0.39 is 0 Å². The van der Waals surface area contributed by atoms with E-state index in [0.717, 1.165) is 18.3 Å². The van der Waals surface area contributed by atoms with Gasteiger partial charge in [0.2, 0.25) is 0 Å². The number of hydrogen-bond donors (Lipinski definition) is 2. The fourth-order valence-corrected chi connectivity index (χ4v) is 2.82. The van der Waals surface area contributed by atoms with Gasteiger partial charge >= 0.3 is 0 Å². The number of nitrogens with one attached hydrogen (secondary N) is 1. The molecule has 0 aromatic heterocycles. The number of nitrogens with zero attached hydrogens (tertiary/aromatic N) is 1.